The molecule has 2 aromatic heterocycles. The number of ether oxygens (including phenoxy) is 2. The van der Waals surface area contributed by atoms with Crippen LogP contribution < -0.4 is 20.4 Å². The maximum Gasteiger partial charge on any atom is 0.338 e. The average Bonchev–Trinajstić information content (AvgIpc) is 1.34. The van der Waals surface area contributed by atoms with Crippen LogP contribution in [0.1, 0.15) is 57.2 Å². The van der Waals surface area contributed by atoms with Crippen molar-refractivity contribution in [2.45, 2.75) is 61.9 Å². The number of aliphatic hydroxyl groups excluding tert-OH is 2. The average molecular weight is 1370 g/mol. The van der Waals surface area contributed by atoms with Crippen LogP contribution >= 0.6 is 45.9 Å². The SMILES string of the molecule is COC(=O)C1=C(CN2CCN3C(=O)N(c4ccc(CCC(=O)O)cc4)C[C@@H]3[C@H]2CO)NC(c2nccs2)=N[C@H]1c1ccc(F)cc1Cl.COC(=O)C1=C(CN2CCN3C(=O)N(c4ccc(CCC(=O)O)cc4)C[C@H]3[C@@H]2CO)NC(c2nccs2)=N[C@H]1c1ccc(F)cc1Cl. The molecule has 6 aliphatic rings. The lowest BCUT2D eigenvalue weighted by Gasteiger charge is -2.43. The molecule has 0 bridgehead atoms. The number of urea groups is 2. The first-order valence-corrected chi connectivity index (χ1v) is 32.4. The zero-order chi connectivity index (χ0) is 66.5. The van der Waals surface area contributed by atoms with Crippen LogP contribution in [-0.4, -0.2) is 202 Å². The van der Waals surface area contributed by atoms with Gasteiger partial charge in [-0.3, -0.25) is 39.2 Å². The van der Waals surface area contributed by atoms with Crippen LogP contribution in [-0.2, 0) is 41.5 Å². The van der Waals surface area contributed by atoms with Gasteiger partial charge in [-0.15, -0.1) is 22.7 Å². The Labute approximate surface area is 555 Å². The number of amides is 4. The van der Waals surface area contributed by atoms with Crippen molar-refractivity contribution in [1.82, 2.24) is 40.2 Å². The predicted octanol–water partition coefficient (Wildman–Crippen LogP) is 6.92. The number of halogens is 4. The molecule has 6 N–H and O–H groups in total. The van der Waals surface area contributed by atoms with E-state index in [1.54, 1.807) is 67.0 Å². The van der Waals surface area contributed by atoms with Crippen LogP contribution in [0.5, 0.6) is 0 Å². The molecule has 0 aliphatic carbocycles. The molecule has 94 heavy (non-hydrogen) atoms. The summed E-state index contributed by atoms with van der Waals surface area (Å²) >= 11 is 15.7. The second-order valence-corrected chi connectivity index (χ2v) is 25.3. The summed E-state index contributed by atoms with van der Waals surface area (Å²) in [6.07, 6.45) is 4.09. The number of aliphatic imine (C=N–C) groups is 2. The van der Waals surface area contributed by atoms with E-state index in [1.165, 1.54) is 73.3 Å². The second kappa shape index (κ2) is 29.3. The molecule has 4 fully saturated rings. The van der Waals surface area contributed by atoms with E-state index >= 15 is 0 Å². The molecule has 0 radical (unpaired) electrons. The van der Waals surface area contributed by atoms with Crippen LogP contribution in [0.15, 0.2) is 141 Å². The van der Waals surface area contributed by atoms with Gasteiger partial charge < -0.3 is 50.3 Å². The van der Waals surface area contributed by atoms with Crippen molar-refractivity contribution >= 4 is 105 Å². The minimum atomic E-state index is -0.929. The molecule has 4 saturated heterocycles. The first kappa shape index (κ1) is 66.7. The van der Waals surface area contributed by atoms with Crippen molar-refractivity contribution in [3.8, 4) is 0 Å². The van der Waals surface area contributed by atoms with Gasteiger partial charge in [-0.2, -0.15) is 0 Å². The summed E-state index contributed by atoms with van der Waals surface area (Å²) in [5.41, 5.74) is 5.21. The number of hydrogen-bond acceptors (Lipinski definition) is 20. The van der Waals surface area contributed by atoms with Gasteiger partial charge in [-0.05, 0) is 72.5 Å². The number of fused-ring (bicyclic) bond motifs is 2. The highest BCUT2D eigenvalue weighted by atomic mass is 35.5. The van der Waals surface area contributed by atoms with Gasteiger partial charge in [0.05, 0.1) is 62.7 Å². The molecular formula is C64H64Cl2F2N12O12S2. The number of carbonyl (C=O) groups excluding carboxylic acids is 4. The van der Waals surface area contributed by atoms with Crippen molar-refractivity contribution in [2.75, 3.05) is 89.6 Å². The van der Waals surface area contributed by atoms with E-state index in [0.29, 0.717) is 108 Å². The molecule has 6 atom stereocenters. The van der Waals surface area contributed by atoms with E-state index in [2.05, 4.69) is 20.6 Å². The van der Waals surface area contributed by atoms with Crippen LogP contribution in [0.2, 0.25) is 10.0 Å². The summed E-state index contributed by atoms with van der Waals surface area (Å²) in [6.45, 7) is 2.06. The highest BCUT2D eigenvalue weighted by Crippen LogP contribution is 2.41. The third-order valence-corrected chi connectivity index (χ3v) is 19.5. The summed E-state index contributed by atoms with van der Waals surface area (Å²) in [4.78, 5) is 105. The fourth-order valence-corrected chi connectivity index (χ4v) is 14.3. The summed E-state index contributed by atoms with van der Waals surface area (Å²) in [5, 5.41) is 50.8. The van der Waals surface area contributed by atoms with Crippen LogP contribution in [0.25, 0.3) is 0 Å². The van der Waals surface area contributed by atoms with Gasteiger partial charge in [-0.1, -0.05) is 59.6 Å². The minimum absolute atomic E-state index is 0.0176. The van der Waals surface area contributed by atoms with Gasteiger partial charge >= 0.3 is 35.9 Å². The molecule has 6 aliphatic heterocycles. The fraction of sp³-hybridized carbons (Fsp3) is 0.344. The Bertz CT molecular complexity index is 3720. The maximum atomic E-state index is 14.0. The van der Waals surface area contributed by atoms with Crippen molar-refractivity contribution in [1.29, 1.82) is 0 Å². The maximum absolute atomic E-state index is 14.0. The van der Waals surface area contributed by atoms with Crippen molar-refractivity contribution in [3.63, 3.8) is 0 Å². The summed E-state index contributed by atoms with van der Waals surface area (Å²) in [5.74, 6) is -3.29. The van der Waals surface area contributed by atoms with E-state index in [0.717, 1.165) is 11.1 Å². The molecule has 4 amide bonds. The number of nitrogens with one attached hydrogen (secondary N) is 2. The number of hydrogen-bond donors (Lipinski definition) is 6. The first-order chi connectivity index (χ1) is 45.4. The van der Waals surface area contributed by atoms with E-state index in [4.69, 9.17) is 52.9 Å². The molecule has 30 heteroatoms. The molecular weight excluding hydrogens is 1300 g/mol. The minimum Gasteiger partial charge on any atom is -0.481 e. The van der Waals surface area contributed by atoms with Gasteiger partial charge in [0.25, 0.3) is 0 Å². The van der Waals surface area contributed by atoms with Crippen molar-refractivity contribution in [3.05, 3.63) is 185 Å². The number of aromatic nitrogens is 2. The molecule has 24 nitrogen and oxygen atoms in total. The van der Waals surface area contributed by atoms with Crippen LogP contribution in [0, 0.1) is 11.6 Å². The molecule has 0 unspecified atom stereocenters. The Morgan fingerprint density at radius 2 is 0.989 bits per heavy atom. The molecule has 0 spiro atoms. The lowest BCUT2D eigenvalue weighted by Crippen LogP contribution is -2.61. The number of methoxy groups -OCH3 is 2. The van der Waals surface area contributed by atoms with Crippen LogP contribution in [0.4, 0.5) is 29.7 Å². The van der Waals surface area contributed by atoms with E-state index in [-0.39, 0.29) is 84.5 Å². The number of thiazole rings is 2. The number of aliphatic carboxylic acids is 2. The Morgan fingerprint density at radius 3 is 1.32 bits per heavy atom. The number of benzene rings is 4. The highest BCUT2D eigenvalue weighted by Gasteiger charge is 2.49. The van der Waals surface area contributed by atoms with Gasteiger partial charge in [0, 0.05) is 132 Å². The van der Waals surface area contributed by atoms with Crippen molar-refractivity contribution in [2.24, 2.45) is 9.98 Å². The van der Waals surface area contributed by atoms with E-state index in [9.17, 15) is 47.8 Å². The van der Waals surface area contributed by atoms with Crippen molar-refractivity contribution < 1.29 is 67.4 Å². The smallest absolute Gasteiger partial charge is 0.338 e. The summed E-state index contributed by atoms with van der Waals surface area (Å²) < 4.78 is 38.4. The van der Waals surface area contributed by atoms with E-state index < -0.39 is 59.7 Å². The molecule has 12 rings (SSSR count). The summed E-state index contributed by atoms with van der Waals surface area (Å²) in [6, 6.07) is 18.4. The number of aryl methyl sites for hydroxylation is 2. The fourth-order valence-electron chi connectivity index (χ4n) is 12.6. The molecule has 0 saturated carbocycles. The zero-order valence-corrected chi connectivity index (χ0v) is 53.8. The highest BCUT2D eigenvalue weighted by molar-refractivity contribution is 7.12. The number of carboxylic acid groups (broad SMARTS) is 2. The standard InChI is InChI=1S/2C32H32ClFN6O6S/c2*1-46-31(44)27-23(36-29(30-35-10-13-47-30)37-28(27)21-8-5-19(34)14-22(21)33)15-38-11-12-39-24(25(38)17-41)16-40(32(39)45)20-6-2-18(3-7-20)4-9-26(42)43/h2*2-3,5-8,10,13-14,24-25,28,41H,4,9,11-12,15-17H2,1H3,(H,36,37)(H,42,43)/t24-,25-,28+;24-,25-,28-/m10/s1. The number of piperazine rings is 2. The predicted molar refractivity (Wildman–Crippen MR) is 346 cm³/mol. The first-order valence-electron chi connectivity index (χ1n) is 29.9. The number of amidine groups is 2. The van der Waals surface area contributed by atoms with Gasteiger partial charge in [0.2, 0.25) is 0 Å². The number of carbonyl (C=O) groups is 6. The number of nitrogens with zero attached hydrogens (tertiary/aromatic N) is 10. The van der Waals surface area contributed by atoms with Crippen LogP contribution in [0.3, 0.4) is 0 Å². The normalized spacial score (nSPS) is 21.4. The number of rotatable bonds is 20. The molecule has 6 aromatic rings. The number of esters is 2. The zero-order valence-electron chi connectivity index (χ0n) is 50.6. The largest absolute Gasteiger partial charge is 0.481 e. The number of carboxylic acids is 2. The quantitative estimate of drug-likeness (QED) is 0.0423. The number of aliphatic hydroxyl groups is 2. The van der Waals surface area contributed by atoms with Gasteiger partial charge in [0.15, 0.2) is 21.7 Å². The monoisotopic (exact) mass is 1360 g/mol. The topological polar surface area (TPSA) is 296 Å². The number of anilines is 2. The lowest BCUT2D eigenvalue weighted by molar-refractivity contribution is -0.138. The Morgan fingerprint density at radius 1 is 0.596 bits per heavy atom. The third kappa shape index (κ3) is 14.2. The third-order valence-electron chi connectivity index (χ3n) is 17.3. The molecule has 4 aromatic carbocycles. The Hall–Kier alpha value is -8.74. The summed E-state index contributed by atoms with van der Waals surface area (Å²) in [7, 11) is 2.53. The second-order valence-electron chi connectivity index (χ2n) is 22.7. The molecule has 492 valence electrons. The lowest BCUT2D eigenvalue weighted by atomic mass is 9.94. The Balaban J connectivity index is 0.000000192. The van der Waals surface area contributed by atoms with Gasteiger partial charge in [-0.25, -0.2) is 37.9 Å². The molecule has 8 heterocycles. The van der Waals surface area contributed by atoms with Gasteiger partial charge in [0.1, 0.15) is 23.7 Å². The Kier molecular flexibility index (Phi) is 20.8. The van der Waals surface area contributed by atoms with E-state index in [1.807, 2.05) is 34.1 Å².